The second kappa shape index (κ2) is 27.0. The fourth-order valence-corrected chi connectivity index (χ4v) is 14.4. The number of piperidine rings is 2. The number of amides is 1. The Hall–Kier alpha value is -7.02. The number of nitrogens with one attached hydrogen (secondary N) is 5. The van der Waals surface area contributed by atoms with Gasteiger partial charge in [0.15, 0.2) is 0 Å². The van der Waals surface area contributed by atoms with E-state index in [1.54, 1.807) is 35.6 Å². The Labute approximate surface area is 518 Å². The summed E-state index contributed by atoms with van der Waals surface area (Å²) in [6, 6.07) is 30.9. The van der Waals surface area contributed by atoms with Crippen molar-refractivity contribution < 1.29 is 48.0 Å². The Kier molecular flexibility index (Phi) is 20.1. The summed E-state index contributed by atoms with van der Waals surface area (Å²) >= 11 is 6.14. The van der Waals surface area contributed by atoms with E-state index in [2.05, 4.69) is 93.5 Å². The predicted molar refractivity (Wildman–Crippen MR) is 348 cm³/mol. The molecule has 0 spiro atoms. The van der Waals surface area contributed by atoms with Crippen molar-refractivity contribution in [2.75, 3.05) is 80.7 Å². The van der Waals surface area contributed by atoms with Crippen LogP contribution in [0.1, 0.15) is 106 Å². The molecule has 17 nitrogen and oxygen atoms in total. The Bertz CT molecular complexity index is 4250. The zero-order chi connectivity index (χ0) is 63.5. The van der Waals surface area contributed by atoms with Crippen molar-refractivity contribution in [3.63, 3.8) is 0 Å². The summed E-state index contributed by atoms with van der Waals surface area (Å²) in [6.45, 7) is 15.0. The van der Waals surface area contributed by atoms with Gasteiger partial charge in [0.2, 0.25) is 36.0 Å². The minimum Gasteiger partial charge on any atom is -0.406 e. The minimum atomic E-state index is -4.77. The normalized spacial score (nSPS) is 16.2. The van der Waals surface area contributed by atoms with Gasteiger partial charge >= 0.3 is 6.36 Å². The van der Waals surface area contributed by atoms with Gasteiger partial charge in [-0.1, -0.05) is 63.6 Å². The van der Waals surface area contributed by atoms with E-state index in [0.717, 1.165) is 78.7 Å². The number of alkyl halides is 3. The number of carbonyl (C=O) groups excluding carboxylic acids is 1. The van der Waals surface area contributed by atoms with E-state index in [-0.39, 0.29) is 24.7 Å². The molecule has 88 heavy (non-hydrogen) atoms. The smallest absolute Gasteiger partial charge is 0.406 e. The van der Waals surface area contributed by atoms with E-state index < -0.39 is 36.4 Å². The molecule has 3 fully saturated rings. The lowest BCUT2D eigenvalue weighted by Gasteiger charge is -2.35. The third kappa shape index (κ3) is 16.4. The van der Waals surface area contributed by atoms with Crippen molar-refractivity contribution in [2.24, 2.45) is 0 Å². The van der Waals surface area contributed by atoms with Gasteiger partial charge in [0, 0.05) is 151 Å². The van der Waals surface area contributed by atoms with Crippen LogP contribution in [-0.2, 0) is 34.9 Å². The molecule has 1 amide bonds. The maximum Gasteiger partial charge on any atom is 0.573 e. The molecule has 0 bridgehead atoms. The SMILES string of the molecule is CC(=O)N1CCC(c2cc(C(C)C)cc3[nH]ccc23)CC1.CC(C)c1cc(C2CCN(S(C)(=O)=O)CC2)c2cc[nH]c2c1.CS(=O)(=O)N1CCN(c2cc(OC(F)(F)F)cc3[nH]ccc23)CC1.CS(=O)(=O)Nc1ccc(-c2cc(Cl)cc3[nH]ccc23)cc1. The summed E-state index contributed by atoms with van der Waals surface area (Å²) in [4.78, 5) is 28.0. The van der Waals surface area contributed by atoms with Gasteiger partial charge in [0.05, 0.1) is 24.3 Å². The average Bonchev–Trinajstić information content (AvgIpc) is 3.66. The largest absolute Gasteiger partial charge is 0.573 e. The van der Waals surface area contributed by atoms with Crippen LogP contribution in [0.2, 0.25) is 5.02 Å². The van der Waals surface area contributed by atoms with E-state index in [4.69, 9.17) is 11.6 Å². The average molecular weight is 1290 g/mol. The van der Waals surface area contributed by atoms with Crippen LogP contribution < -0.4 is 14.4 Å². The van der Waals surface area contributed by atoms with Gasteiger partial charge in [-0.3, -0.25) is 9.52 Å². The molecule has 5 N–H and O–H groups in total. The lowest BCUT2D eigenvalue weighted by Crippen LogP contribution is -2.48. The maximum absolute atomic E-state index is 12.5. The summed E-state index contributed by atoms with van der Waals surface area (Å²) in [6.07, 6.45) is 10.3. The van der Waals surface area contributed by atoms with E-state index in [9.17, 15) is 43.2 Å². The van der Waals surface area contributed by atoms with Crippen LogP contribution in [0.5, 0.6) is 5.75 Å². The number of rotatable bonds is 11. The summed E-state index contributed by atoms with van der Waals surface area (Å²) in [5, 5.41) is 5.11. The van der Waals surface area contributed by atoms with Gasteiger partial charge in [-0.05, 0) is 143 Å². The minimum absolute atomic E-state index is 0.205. The van der Waals surface area contributed by atoms with Crippen molar-refractivity contribution in [1.82, 2.24) is 33.4 Å². The molecule has 24 heteroatoms. The van der Waals surface area contributed by atoms with Gasteiger partial charge in [-0.2, -0.15) is 4.31 Å². The Morgan fingerprint density at radius 3 is 1.47 bits per heavy atom. The number of hydrogen-bond donors (Lipinski definition) is 5. The summed E-state index contributed by atoms with van der Waals surface area (Å²) in [5.41, 5.74) is 12.6. The number of fused-ring (bicyclic) bond motifs is 4. The van der Waals surface area contributed by atoms with Crippen LogP contribution >= 0.6 is 11.6 Å². The maximum atomic E-state index is 12.5. The van der Waals surface area contributed by atoms with Crippen LogP contribution in [0.3, 0.4) is 0 Å². The van der Waals surface area contributed by atoms with Gasteiger partial charge < -0.3 is 34.5 Å². The molecule has 472 valence electrons. The number of piperazine rings is 1. The molecular weight excluding hydrogens is 1210 g/mol. The molecular formula is C64H77ClF3N9O8S3. The van der Waals surface area contributed by atoms with Crippen molar-refractivity contribution in [2.45, 2.75) is 90.3 Å². The van der Waals surface area contributed by atoms with Gasteiger partial charge in [-0.25, -0.2) is 29.6 Å². The summed E-state index contributed by atoms with van der Waals surface area (Å²) in [5.74, 6) is 1.93. The highest BCUT2D eigenvalue weighted by Gasteiger charge is 2.33. The van der Waals surface area contributed by atoms with Crippen molar-refractivity contribution in [1.29, 1.82) is 0 Å². The number of ether oxygens (including phenoxy) is 1. The predicted octanol–water partition coefficient (Wildman–Crippen LogP) is 13.5. The molecule has 9 aromatic rings. The highest BCUT2D eigenvalue weighted by Crippen LogP contribution is 2.39. The molecule has 0 radical (unpaired) electrons. The standard InChI is InChI=1S/C18H24N2O.C17H24N2O2S.C15H13ClN2O2S.C14H16F3N3O3S/c1-12(2)15-10-17(16-4-7-19-18(16)11-15)14-5-8-20(9-6-14)13(3)21;1-12(2)14-10-16(15-4-7-18-17(15)11-14)13-5-8-19(9-6-13)22(3,20)21;1-21(19,20)18-12-4-2-10(3-5-12)14-8-11(16)9-15-13(14)6-7-17-15;1-24(21,22)20-6-4-19(5-7-20)13-9-10(23-14(15,16)17)8-12-11(13)2-3-18-12/h4,7,10-12,14,19H,5-6,8-9H2,1-3H3;4,7,10-13,18H,5-6,8-9H2,1-3H3;2-9,17-18H,1H3;2-3,8-9,18H,4-7H2,1H3. The number of aromatic nitrogens is 4. The van der Waals surface area contributed by atoms with Crippen molar-refractivity contribution in [3.8, 4) is 16.9 Å². The fraction of sp³-hybridized carbons (Fsp3) is 0.391. The number of nitrogens with zero attached hydrogens (tertiary/aromatic N) is 4. The number of hydrogen-bond acceptors (Lipinski definition) is 9. The topological polar surface area (TPSA) is 217 Å². The molecule has 4 aromatic heterocycles. The number of likely N-dealkylation sites (tertiary alicyclic amines) is 1. The molecule has 0 aliphatic carbocycles. The first-order valence-corrected chi connectivity index (χ1v) is 35.3. The molecule has 0 atom stereocenters. The van der Waals surface area contributed by atoms with Crippen LogP contribution in [0, 0.1) is 0 Å². The quantitative estimate of drug-likeness (QED) is 0.0831. The number of benzene rings is 5. The van der Waals surface area contributed by atoms with Crippen LogP contribution in [0.4, 0.5) is 24.5 Å². The van der Waals surface area contributed by atoms with Gasteiger partial charge in [0.1, 0.15) is 5.75 Å². The lowest BCUT2D eigenvalue weighted by molar-refractivity contribution is -0.274. The lowest BCUT2D eigenvalue weighted by atomic mass is 9.85. The third-order valence-electron chi connectivity index (χ3n) is 16.6. The second-order valence-corrected chi connectivity index (χ2v) is 29.7. The first-order chi connectivity index (χ1) is 41.5. The molecule has 0 unspecified atom stereocenters. The second-order valence-electron chi connectivity index (χ2n) is 23.5. The number of aromatic amines is 4. The number of halogens is 4. The first kappa shape index (κ1) is 65.4. The molecule has 3 saturated heterocycles. The van der Waals surface area contributed by atoms with E-state index in [1.807, 2.05) is 58.7 Å². The van der Waals surface area contributed by atoms with Gasteiger partial charge in [-0.15, -0.1) is 13.2 Å². The zero-order valence-electron chi connectivity index (χ0n) is 50.6. The number of sulfonamides is 3. The molecule has 3 aliphatic rings. The Morgan fingerprint density at radius 2 is 1.01 bits per heavy atom. The number of anilines is 2. The molecule has 7 heterocycles. The van der Waals surface area contributed by atoms with E-state index >= 15 is 0 Å². The van der Waals surface area contributed by atoms with Crippen molar-refractivity contribution >= 4 is 103 Å². The fourth-order valence-electron chi connectivity index (χ4n) is 11.9. The molecule has 5 aromatic carbocycles. The highest BCUT2D eigenvalue weighted by molar-refractivity contribution is 7.92. The Balaban J connectivity index is 0.000000140. The highest BCUT2D eigenvalue weighted by atomic mass is 35.5. The number of carbonyl (C=O) groups is 1. The Morgan fingerprint density at radius 1 is 0.568 bits per heavy atom. The summed E-state index contributed by atoms with van der Waals surface area (Å²) < 4.78 is 116. The molecule has 12 rings (SSSR count). The van der Waals surface area contributed by atoms with Gasteiger partial charge in [0.25, 0.3) is 0 Å². The third-order valence-corrected chi connectivity index (χ3v) is 20.0. The van der Waals surface area contributed by atoms with Crippen molar-refractivity contribution in [3.05, 3.63) is 149 Å². The van der Waals surface area contributed by atoms with Crippen LogP contribution in [0.25, 0.3) is 54.7 Å². The van der Waals surface area contributed by atoms with Crippen LogP contribution in [0.15, 0.2) is 122 Å². The zero-order valence-corrected chi connectivity index (χ0v) is 53.8. The van der Waals surface area contributed by atoms with E-state index in [1.165, 1.54) is 66.8 Å². The molecule has 0 saturated carbocycles. The molecule has 3 aliphatic heterocycles. The number of H-pyrrole nitrogens is 4. The monoisotopic (exact) mass is 1290 g/mol. The van der Waals surface area contributed by atoms with Crippen LogP contribution in [-0.4, -0.2) is 142 Å². The first-order valence-electron chi connectivity index (χ1n) is 29.3. The summed E-state index contributed by atoms with van der Waals surface area (Å²) in [7, 11) is -9.59. The van der Waals surface area contributed by atoms with E-state index in [0.29, 0.717) is 71.8 Å².